The number of rotatable bonds is 4. The molecule has 0 saturated carbocycles. The number of anilines is 1. The van der Waals surface area contributed by atoms with Crippen molar-refractivity contribution >= 4 is 23.5 Å². The zero-order valence-corrected chi connectivity index (χ0v) is 13.9. The Labute approximate surface area is 145 Å². The number of hydrogen-bond donors (Lipinski definition) is 2. The fraction of sp³-hybridized carbons (Fsp3) is 0.353. The van der Waals surface area contributed by atoms with Crippen molar-refractivity contribution in [2.75, 3.05) is 31.2 Å². The molecule has 8 heteroatoms. The number of urea groups is 1. The number of carbonyl (C=O) groups excluding carboxylic acids is 3. The van der Waals surface area contributed by atoms with E-state index >= 15 is 0 Å². The zero-order valence-electron chi connectivity index (χ0n) is 13.9. The molecule has 2 saturated heterocycles. The second-order valence-electron chi connectivity index (χ2n) is 5.97. The summed E-state index contributed by atoms with van der Waals surface area (Å²) in [4.78, 5) is 38.1. The van der Waals surface area contributed by atoms with Crippen LogP contribution in [0, 0.1) is 12.8 Å². The van der Waals surface area contributed by atoms with Gasteiger partial charge in [-0.1, -0.05) is 24.3 Å². The largest absolute Gasteiger partial charge is 0.379 e. The van der Waals surface area contributed by atoms with Crippen LogP contribution >= 0.6 is 0 Å². The SMILES string of the molecule is C=C(NN1CCOCC1)[C@H]1C(=O)NC(=O)N(c2ccc(C)cc2)C1=O. The molecular weight excluding hydrogens is 324 g/mol. The summed E-state index contributed by atoms with van der Waals surface area (Å²) in [5, 5.41) is 4.06. The van der Waals surface area contributed by atoms with Crippen molar-refractivity contribution in [3.63, 3.8) is 0 Å². The molecule has 0 unspecified atom stereocenters. The van der Waals surface area contributed by atoms with Gasteiger partial charge in [0.15, 0.2) is 5.92 Å². The number of hydrazine groups is 1. The lowest BCUT2D eigenvalue weighted by Crippen LogP contribution is -2.60. The molecule has 0 radical (unpaired) electrons. The summed E-state index contributed by atoms with van der Waals surface area (Å²) in [5.74, 6) is -2.48. The number of carbonyl (C=O) groups is 3. The minimum Gasteiger partial charge on any atom is -0.379 e. The van der Waals surface area contributed by atoms with Gasteiger partial charge in [0.05, 0.1) is 18.9 Å². The van der Waals surface area contributed by atoms with Crippen LogP contribution in [0.15, 0.2) is 36.5 Å². The molecule has 8 nitrogen and oxygen atoms in total. The number of barbiturate groups is 1. The van der Waals surface area contributed by atoms with Gasteiger partial charge in [-0.15, -0.1) is 0 Å². The first kappa shape index (κ1) is 17.1. The van der Waals surface area contributed by atoms with E-state index in [9.17, 15) is 14.4 Å². The summed E-state index contributed by atoms with van der Waals surface area (Å²) in [5.41, 5.74) is 4.62. The minimum absolute atomic E-state index is 0.231. The lowest BCUT2D eigenvalue weighted by molar-refractivity contribution is -0.133. The molecule has 4 amide bonds. The van der Waals surface area contributed by atoms with Gasteiger partial charge in [0.1, 0.15) is 0 Å². The Kier molecular flexibility index (Phi) is 4.82. The molecule has 2 fully saturated rings. The molecule has 0 bridgehead atoms. The van der Waals surface area contributed by atoms with Crippen molar-refractivity contribution in [2.24, 2.45) is 5.92 Å². The van der Waals surface area contributed by atoms with Crippen LogP contribution in [0.25, 0.3) is 0 Å². The molecule has 3 rings (SSSR count). The molecule has 2 aliphatic rings. The molecule has 0 aromatic heterocycles. The molecular formula is C17H20N4O4. The first-order chi connectivity index (χ1) is 12.0. The summed E-state index contributed by atoms with van der Waals surface area (Å²) >= 11 is 0. The quantitative estimate of drug-likeness (QED) is 0.775. The highest BCUT2D eigenvalue weighted by atomic mass is 16.5. The van der Waals surface area contributed by atoms with E-state index in [0.29, 0.717) is 32.0 Å². The number of morpholine rings is 1. The van der Waals surface area contributed by atoms with Crippen LogP contribution in [0.1, 0.15) is 5.56 Å². The lowest BCUT2D eigenvalue weighted by Gasteiger charge is -2.34. The molecule has 0 aliphatic carbocycles. The van der Waals surface area contributed by atoms with E-state index in [4.69, 9.17) is 4.74 Å². The molecule has 0 spiro atoms. The molecule has 2 aliphatic heterocycles. The fourth-order valence-electron chi connectivity index (χ4n) is 2.76. The first-order valence-electron chi connectivity index (χ1n) is 8.01. The van der Waals surface area contributed by atoms with E-state index in [-0.39, 0.29) is 5.70 Å². The fourth-order valence-corrected chi connectivity index (χ4v) is 2.76. The van der Waals surface area contributed by atoms with Crippen molar-refractivity contribution < 1.29 is 19.1 Å². The number of hydrogen-bond acceptors (Lipinski definition) is 6. The third kappa shape index (κ3) is 3.54. The monoisotopic (exact) mass is 344 g/mol. The highest BCUT2D eigenvalue weighted by Gasteiger charge is 2.43. The van der Waals surface area contributed by atoms with Crippen LogP contribution in [-0.4, -0.2) is 49.2 Å². The highest BCUT2D eigenvalue weighted by Crippen LogP contribution is 2.23. The van der Waals surface area contributed by atoms with E-state index in [1.165, 1.54) is 0 Å². The lowest BCUT2D eigenvalue weighted by atomic mass is 10.0. The van der Waals surface area contributed by atoms with Crippen molar-refractivity contribution in [1.82, 2.24) is 15.8 Å². The van der Waals surface area contributed by atoms with Crippen molar-refractivity contribution in [3.05, 3.63) is 42.1 Å². The average molecular weight is 344 g/mol. The Morgan fingerprint density at radius 3 is 2.48 bits per heavy atom. The predicted octanol–water partition coefficient (Wildman–Crippen LogP) is 0.545. The summed E-state index contributed by atoms with van der Waals surface area (Å²) in [7, 11) is 0. The number of nitrogens with zero attached hydrogens (tertiary/aromatic N) is 2. The van der Waals surface area contributed by atoms with Crippen LogP contribution in [0.4, 0.5) is 10.5 Å². The second kappa shape index (κ2) is 7.04. The van der Waals surface area contributed by atoms with E-state index < -0.39 is 23.8 Å². The van der Waals surface area contributed by atoms with Crippen LogP contribution < -0.4 is 15.6 Å². The Balaban J connectivity index is 1.79. The van der Waals surface area contributed by atoms with Gasteiger partial charge in [-0.2, -0.15) is 0 Å². The molecule has 25 heavy (non-hydrogen) atoms. The smallest absolute Gasteiger partial charge is 0.335 e. The van der Waals surface area contributed by atoms with E-state index in [1.807, 2.05) is 11.9 Å². The molecule has 132 valence electrons. The van der Waals surface area contributed by atoms with Gasteiger partial charge in [0.2, 0.25) is 5.91 Å². The van der Waals surface area contributed by atoms with Crippen LogP contribution in [0.3, 0.4) is 0 Å². The Morgan fingerprint density at radius 1 is 1.20 bits per heavy atom. The van der Waals surface area contributed by atoms with Crippen molar-refractivity contribution in [2.45, 2.75) is 6.92 Å². The maximum absolute atomic E-state index is 12.8. The van der Waals surface area contributed by atoms with E-state index in [2.05, 4.69) is 17.3 Å². The zero-order chi connectivity index (χ0) is 18.0. The number of ether oxygens (including phenoxy) is 1. The molecule has 1 atom stereocenters. The maximum atomic E-state index is 12.8. The van der Waals surface area contributed by atoms with Gasteiger partial charge in [-0.25, -0.2) is 14.7 Å². The molecule has 1 aromatic carbocycles. The standard InChI is InChI=1S/C17H20N4O4/c1-11-3-5-13(6-4-11)21-16(23)14(15(22)18-17(21)24)12(2)19-20-7-9-25-10-8-20/h3-6,14,19H,2,7-10H2,1H3,(H,18,22,24)/t14-/m0/s1. The van der Waals surface area contributed by atoms with Crippen molar-refractivity contribution in [1.29, 1.82) is 0 Å². The summed E-state index contributed by atoms with van der Waals surface area (Å²) in [6.07, 6.45) is 0. The van der Waals surface area contributed by atoms with Gasteiger partial charge < -0.3 is 10.2 Å². The molecule has 1 aromatic rings. The number of nitrogens with one attached hydrogen (secondary N) is 2. The van der Waals surface area contributed by atoms with Gasteiger partial charge >= 0.3 is 6.03 Å². The normalized spacial score (nSPS) is 21.9. The van der Waals surface area contributed by atoms with E-state index in [0.717, 1.165) is 10.5 Å². The highest BCUT2D eigenvalue weighted by molar-refractivity contribution is 6.28. The Hall–Kier alpha value is -2.71. The predicted molar refractivity (Wildman–Crippen MR) is 90.4 cm³/mol. The number of aryl methyl sites for hydroxylation is 1. The molecule has 2 heterocycles. The van der Waals surface area contributed by atoms with Gasteiger partial charge in [-0.05, 0) is 19.1 Å². The second-order valence-corrected chi connectivity index (χ2v) is 5.97. The maximum Gasteiger partial charge on any atom is 0.335 e. The Morgan fingerprint density at radius 2 is 1.84 bits per heavy atom. The Bertz CT molecular complexity index is 710. The topological polar surface area (TPSA) is 91.0 Å². The summed E-state index contributed by atoms with van der Waals surface area (Å²) in [6.45, 7) is 8.07. The van der Waals surface area contributed by atoms with Gasteiger partial charge in [-0.3, -0.25) is 14.9 Å². The van der Waals surface area contributed by atoms with Gasteiger partial charge in [0.25, 0.3) is 5.91 Å². The molecule has 2 N–H and O–H groups in total. The van der Waals surface area contributed by atoms with Crippen LogP contribution in [0.2, 0.25) is 0 Å². The third-order valence-electron chi connectivity index (χ3n) is 4.12. The average Bonchev–Trinajstić information content (AvgIpc) is 2.57. The van der Waals surface area contributed by atoms with Crippen LogP contribution in [0.5, 0.6) is 0 Å². The third-order valence-corrected chi connectivity index (χ3v) is 4.12. The van der Waals surface area contributed by atoms with Gasteiger partial charge in [0, 0.05) is 18.8 Å². The van der Waals surface area contributed by atoms with Crippen molar-refractivity contribution in [3.8, 4) is 0 Å². The number of amides is 4. The summed E-state index contributed by atoms with van der Waals surface area (Å²) in [6, 6.07) is 6.16. The minimum atomic E-state index is -1.18. The number of imide groups is 2. The number of benzene rings is 1. The van der Waals surface area contributed by atoms with E-state index in [1.54, 1.807) is 24.3 Å². The summed E-state index contributed by atoms with van der Waals surface area (Å²) < 4.78 is 5.26. The first-order valence-corrected chi connectivity index (χ1v) is 8.01. The van der Waals surface area contributed by atoms with Crippen LogP contribution in [-0.2, 0) is 14.3 Å².